The average molecular weight is 328 g/mol. The lowest BCUT2D eigenvalue weighted by molar-refractivity contribution is -0.116. The summed E-state index contributed by atoms with van der Waals surface area (Å²) in [6.45, 7) is 0.0449. The summed E-state index contributed by atoms with van der Waals surface area (Å²) in [5.74, 6) is -1.66. The van der Waals surface area contributed by atoms with Crippen LogP contribution in [0.1, 0.15) is 30.6 Å². The Hall–Kier alpha value is -2.51. The number of hydrogen-bond donors (Lipinski definition) is 1. The molecule has 5 nitrogen and oxygen atoms in total. The van der Waals surface area contributed by atoms with Gasteiger partial charge in [-0.1, -0.05) is 25.1 Å². The van der Waals surface area contributed by atoms with Crippen molar-refractivity contribution in [3.63, 3.8) is 0 Å². The second-order valence-electron chi connectivity index (χ2n) is 4.97. The standard InChI is InChI=1S/C15H15F3N2O3/c1-8(10-5-3-4-6-11(10)16)7-12(21)19-13-9(2)23-20-14(13)22-15(17)18/h3-6,8,15H,7H2,1-2H3,(H,19,21). The summed E-state index contributed by atoms with van der Waals surface area (Å²) in [5.41, 5.74) is 0.338. The highest BCUT2D eigenvalue weighted by Crippen LogP contribution is 2.29. The van der Waals surface area contributed by atoms with Gasteiger partial charge in [-0.2, -0.15) is 8.78 Å². The number of benzene rings is 1. The summed E-state index contributed by atoms with van der Waals surface area (Å²) in [6.07, 6.45) is -0.0420. The number of amides is 1. The van der Waals surface area contributed by atoms with E-state index >= 15 is 0 Å². The number of aromatic nitrogens is 1. The fraction of sp³-hybridized carbons (Fsp3) is 0.333. The van der Waals surface area contributed by atoms with Crippen molar-refractivity contribution in [2.75, 3.05) is 5.32 Å². The minimum Gasteiger partial charge on any atom is -0.412 e. The van der Waals surface area contributed by atoms with E-state index in [9.17, 15) is 18.0 Å². The van der Waals surface area contributed by atoms with Crippen molar-refractivity contribution in [3.8, 4) is 5.88 Å². The van der Waals surface area contributed by atoms with E-state index < -0.39 is 30.1 Å². The highest BCUT2D eigenvalue weighted by Gasteiger charge is 2.21. The number of rotatable bonds is 6. The summed E-state index contributed by atoms with van der Waals surface area (Å²) < 4.78 is 47.1. The van der Waals surface area contributed by atoms with Gasteiger partial charge in [0.05, 0.1) is 0 Å². The van der Waals surface area contributed by atoms with Crippen LogP contribution in [-0.4, -0.2) is 17.7 Å². The van der Waals surface area contributed by atoms with Crippen LogP contribution in [0, 0.1) is 12.7 Å². The Labute approximate surface area is 130 Å². The van der Waals surface area contributed by atoms with Gasteiger partial charge >= 0.3 is 6.61 Å². The Balaban J connectivity index is 2.05. The monoisotopic (exact) mass is 328 g/mol. The fourth-order valence-electron chi connectivity index (χ4n) is 2.11. The lowest BCUT2D eigenvalue weighted by Crippen LogP contribution is -2.16. The number of nitrogens with one attached hydrogen (secondary N) is 1. The minimum atomic E-state index is -3.09. The molecule has 1 amide bonds. The van der Waals surface area contributed by atoms with E-state index in [0.717, 1.165) is 0 Å². The molecule has 0 radical (unpaired) electrons. The predicted octanol–water partition coefficient (Wildman–Crippen LogP) is 3.86. The van der Waals surface area contributed by atoms with Gasteiger partial charge in [0.2, 0.25) is 5.91 Å². The molecule has 0 saturated carbocycles. The molecule has 1 aromatic heterocycles. The van der Waals surface area contributed by atoms with E-state index in [1.165, 1.54) is 13.0 Å². The van der Waals surface area contributed by atoms with Crippen molar-refractivity contribution in [2.45, 2.75) is 32.8 Å². The van der Waals surface area contributed by atoms with Crippen LogP contribution in [0.2, 0.25) is 0 Å². The molecule has 23 heavy (non-hydrogen) atoms. The Bertz CT molecular complexity index is 688. The zero-order valence-electron chi connectivity index (χ0n) is 12.5. The highest BCUT2D eigenvalue weighted by atomic mass is 19.3. The first kappa shape index (κ1) is 16.9. The molecule has 124 valence electrons. The molecule has 2 aromatic rings. The predicted molar refractivity (Wildman–Crippen MR) is 75.9 cm³/mol. The summed E-state index contributed by atoms with van der Waals surface area (Å²) in [6, 6.07) is 6.12. The number of anilines is 1. The zero-order valence-corrected chi connectivity index (χ0v) is 12.5. The van der Waals surface area contributed by atoms with Gasteiger partial charge in [0, 0.05) is 6.42 Å². The second kappa shape index (κ2) is 7.17. The van der Waals surface area contributed by atoms with E-state index in [2.05, 4.69) is 15.2 Å². The van der Waals surface area contributed by atoms with Crippen LogP contribution in [0.4, 0.5) is 18.9 Å². The highest BCUT2D eigenvalue weighted by molar-refractivity contribution is 5.92. The molecule has 1 heterocycles. The van der Waals surface area contributed by atoms with Crippen LogP contribution >= 0.6 is 0 Å². The van der Waals surface area contributed by atoms with Gasteiger partial charge in [-0.3, -0.25) is 4.79 Å². The van der Waals surface area contributed by atoms with Gasteiger partial charge in [-0.15, -0.1) is 0 Å². The third kappa shape index (κ3) is 4.24. The van der Waals surface area contributed by atoms with Crippen molar-refractivity contribution in [2.24, 2.45) is 0 Å². The number of nitrogens with zero attached hydrogens (tertiary/aromatic N) is 1. The van der Waals surface area contributed by atoms with Crippen LogP contribution in [0.15, 0.2) is 28.8 Å². The third-order valence-corrected chi connectivity index (χ3v) is 3.22. The van der Waals surface area contributed by atoms with Crippen molar-refractivity contribution >= 4 is 11.6 Å². The van der Waals surface area contributed by atoms with E-state index in [1.807, 2.05) is 0 Å². The SMILES string of the molecule is Cc1onc(OC(F)F)c1NC(=O)CC(C)c1ccccc1F. The van der Waals surface area contributed by atoms with E-state index in [1.54, 1.807) is 25.1 Å². The molecule has 0 aliphatic carbocycles. The smallest absolute Gasteiger partial charge is 0.388 e. The van der Waals surface area contributed by atoms with Crippen LogP contribution < -0.4 is 10.1 Å². The van der Waals surface area contributed by atoms with Crippen molar-refractivity contribution in [3.05, 3.63) is 41.4 Å². The number of hydrogen-bond acceptors (Lipinski definition) is 4. The largest absolute Gasteiger partial charge is 0.412 e. The topological polar surface area (TPSA) is 64.4 Å². The van der Waals surface area contributed by atoms with Crippen molar-refractivity contribution in [1.29, 1.82) is 0 Å². The number of halogens is 3. The molecule has 0 fully saturated rings. The van der Waals surface area contributed by atoms with Crippen molar-refractivity contribution in [1.82, 2.24) is 5.16 Å². The molecule has 1 atom stereocenters. The normalized spacial score (nSPS) is 12.3. The molecular formula is C15H15F3N2O3. The third-order valence-electron chi connectivity index (χ3n) is 3.22. The summed E-state index contributed by atoms with van der Waals surface area (Å²) in [5, 5.41) is 5.72. The number of ether oxygens (including phenoxy) is 1. The molecule has 0 saturated heterocycles. The number of carbonyl (C=O) groups is 1. The second-order valence-corrected chi connectivity index (χ2v) is 4.97. The fourth-order valence-corrected chi connectivity index (χ4v) is 2.11. The Morgan fingerprint density at radius 3 is 2.74 bits per heavy atom. The van der Waals surface area contributed by atoms with Gasteiger partial charge in [0.15, 0.2) is 5.76 Å². The summed E-state index contributed by atoms with van der Waals surface area (Å²) in [7, 11) is 0. The summed E-state index contributed by atoms with van der Waals surface area (Å²) in [4.78, 5) is 12.0. The zero-order chi connectivity index (χ0) is 17.0. The Morgan fingerprint density at radius 1 is 1.39 bits per heavy atom. The van der Waals surface area contributed by atoms with Crippen LogP contribution in [0.25, 0.3) is 0 Å². The van der Waals surface area contributed by atoms with Gasteiger partial charge in [0.1, 0.15) is 11.5 Å². The lowest BCUT2D eigenvalue weighted by atomic mass is 9.97. The molecule has 2 rings (SSSR count). The number of alkyl halides is 2. The van der Waals surface area contributed by atoms with Gasteiger partial charge in [-0.25, -0.2) is 4.39 Å². The van der Waals surface area contributed by atoms with Crippen LogP contribution in [0.3, 0.4) is 0 Å². The minimum absolute atomic E-state index is 0.0420. The average Bonchev–Trinajstić information content (AvgIpc) is 2.80. The number of aryl methyl sites for hydroxylation is 1. The van der Waals surface area contributed by atoms with Gasteiger partial charge in [0.25, 0.3) is 5.88 Å². The number of carbonyl (C=O) groups excluding carboxylic acids is 1. The molecule has 0 spiro atoms. The Kier molecular flexibility index (Phi) is 5.25. The maximum Gasteiger partial charge on any atom is 0.388 e. The molecule has 1 aromatic carbocycles. The Morgan fingerprint density at radius 2 is 2.09 bits per heavy atom. The molecule has 8 heteroatoms. The first-order valence-electron chi connectivity index (χ1n) is 6.83. The van der Waals surface area contributed by atoms with Crippen LogP contribution in [0.5, 0.6) is 5.88 Å². The van der Waals surface area contributed by atoms with E-state index in [0.29, 0.717) is 5.56 Å². The van der Waals surface area contributed by atoms with Crippen molar-refractivity contribution < 1.29 is 27.2 Å². The van der Waals surface area contributed by atoms with E-state index in [-0.39, 0.29) is 17.9 Å². The van der Waals surface area contributed by atoms with Gasteiger partial charge < -0.3 is 14.6 Å². The van der Waals surface area contributed by atoms with E-state index in [4.69, 9.17) is 4.52 Å². The molecule has 0 aliphatic heterocycles. The first-order valence-corrected chi connectivity index (χ1v) is 6.83. The first-order chi connectivity index (χ1) is 10.9. The lowest BCUT2D eigenvalue weighted by Gasteiger charge is -2.13. The molecular weight excluding hydrogens is 313 g/mol. The van der Waals surface area contributed by atoms with Gasteiger partial charge in [-0.05, 0) is 29.6 Å². The molecule has 0 bridgehead atoms. The molecule has 1 N–H and O–H groups in total. The molecule has 0 aliphatic rings. The maximum absolute atomic E-state index is 13.7. The quantitative estimate of drug-likeness (QED) is 0.874. The molecule has 1 unspecified atom stereocenters. The maximum atomic E-state index is 13.7. The van der Waals surface area contributed by atoms with Crippen LogP contribution in [-0.2, 0) is 4.79 Å². The summed E-state index contributed by atoms with van der Waals surface area (Å²) >= 11 is 0.